The predicted octanol–water partition coefficient (Wildman–Crippen LogP) is 4.97. The van der Waals surface area contributed by atoms with Crippen molar-refractivity contribution in [3.05, 3.63) is 65.2 Å². The van der Waals surface area contributed by atoms with Crippen LogP contribution in [-0.4, -0.2) is 11.1 Å². The van der Waals surface area contributed by atoms with Gasteiger partial charge in [0.15, 0.2) is 0 Å². The number of carboxylic acids is 1. The number of hydrogen-bond acceptors (Lipinski definition) is 2. The van der Waals surface area contributed by atoms with Crippen molar-refractivity contribution >= 4 is 11.7 Å². The highest BCUT2D eigenvalue weighted by molar-refractivity contribution is 5.94. The fourth-order valence-corrected chi connectivity index (χ4v) is 2.32. The van der Waals surface area contributed by atoms with Crippen LogP contribution in [0, 0.1) is 0 Å². The Morgan fingerprint density at radius 2 is 1.83 bits per heavy atom. The van der Waals surface area contributed by atoms with Crippen molar-refractivity contribution in [2.45, 2.75) is 25.6 Å². The molecular weight excluding hydrogens is 307 g/mol. The minimum absolute atomic E-state index is 0.0389. The van der Waals surface area contributed by atoms with E-state index in [4.69, 9.17) is 0 Å². The SMILES string of the molecule is CCC(Nc1cc(C(F)(F)F)ccc1C(=O)O)c1ccccc1. The van der Waals surface area contributed by atoms with Crippen molar-refractivity contribution in [3.8, 4) is 0 Å². The molecule has 0 bridgehead atoms. The predicted molar refractivity (Wildman–Crippen MR) is 81.5 cm³/mol. The van der Waals surface area contributed by atoms with Gasteiger partial charge < -0.3 is 10.4 Å². The number of aromatic carboxylic acids is 1. The zero-order valence-electron chi connectivity index (χ0n) is 12.4. The molecule has 6 heteroatoms. The molecule has 2 N–H and O–H groups in total. The maximum Gasteiger partial charge on any atom is 0.416 e. The van der Waals surface area contributed by atoms with E-state index in [1.54, 1.807) is 0 Å². The summed E-state index contributed by atoms with van der Waals surface area (Å²) in [5.41, 5.74) is -0.230. The van der Waals surface area contributed by atoms with E-state index in [2.05, 4.69) is 5.32 Å². The first kappa shape index (κ1) is 16.9. The zero-order chi connectivity index (χ0) is 17.0. The molecule has 0 aliphatic carbocycles. The van der Waals surface area contributed by atoms with E-state index in [0.29, 0.717) is 6.42 Å². The average Bonchev–Trinajstić information content (AvgIpc) is 2.52. The van der Waals surface area contributed by atoms with E-state index in [1.807, 2.05) is 37.3 Å². The van der Waals surface area contributed by atoms with E-state index in [0.717, 1.165) is 23.8 Å². The Kier molecular flexibility index (Phi) is 4.93. The van der Waals surface area contributed by atoms with Crippen LogP contribution in [0.2, 0.25) is 0 Å². The Labute approximate surface area is 131 Å². The lowest BCUT2D eigenvalue weighted by Crippen LogP contribution is -2.14. The quantitative estimate of drug-likeness (QED) is 0.817. The Bertz CT molecular complexity index is 684. The highest BCUT2D eigenvalue weighted by Crippen LogP contribution is 2.34. The Balaban J connectivity index is 2.41. The van der Waals surface area contributed by atoms with E-state index in [-0.39, 0.29) is 17.3 Å². The van der Waals surface area contributed by atoms with Crippen molar-refractivity contribution in [2.75, 3.05) is 5.32 Å². The lowest BCUT2D eigenvalue weighted by molar-refractivity contribution is -0.137. The second-order valence-electron chi connectivity index (χ2n) is 5.08. The molecule has 0 radical (unpaired) electrons. The number of alkyl halides is 3. The van der Waals surface area contributed by atoms with Gasteiger partial charge in [-0.15, -0.1) is 0 Å². The van der Waals surface area contributed by atoms with Gasteiger partial charge in [-0.2, -0.15) is 13.2 Å². The van der Waals surface area contributed by atoms with Crippen LogP contribution >= 0.6 is 0 Å². The summed E-state index contributed by atoms with van der Waals surface area (Å²) in [7, 11) is 0. The summed E-state index contributed by atoms with van der Waals surface area (Å²) in [5.74, 6) is -1.27. The molecule has 1 atom stereocenters. The Morgan fingerprint density at radius 3 is 2.35 bits per heavy atom. The van der Waals surface area contributed by atoms with Crippen molar-refractivity contribution in [3.63, 3.8) is 0 Å². The van der Waals surface area contributed by atoms with Gasteiger partial charge in [0.25, 0.3) is 0 Å². The van der Waals surface area contributed by atoms with Gasteiger partial charge in [0, 0.05) is 5.69 Å². The molecule has 23 heavy (non-hydrogen) atoms. The Morgan fingerprint density at radius 1 is 1.17 bits per heavy atom. The standard InChI is InChI=1S/C17H16F3NO2/c1-2-14(11-6-4-3-5-7-11)21-15-10-12(17(18,19)20)8-9-13(15)16(22)23/h3-10,14,21H,2H2,1H3,(H,22,23). The number of rotatable bonds is 5. The van der Waals surface area contributed by atoms with Crippen molar-refractivity contribution in [1.29, 1.82) is 0 Å². The summed E-state index contributed by atoms with van der Waals surface area (Å²) in [4.78, 5) is 11.3. The van der Waals surface area contributed by atoms with Crippen molar-refractivity contribution in [2.24, 2.45) is 0 Å². The van der Waals surface area contributed by atoms with E-state index in [9.17, 15) is 23.1 Å². The van der Waals surface area contributed by atoms with Crippen LogP contribution in [-0.2, 0) is 6.18 Å². The lowest BCUT2D eigenvalue weighted by atomic mass is 10.0. The zero-order valence-corrected chi connectivity index (χ0v) is 12.4. The fraction of sp³-hybridized carbons (Fsp3) is 0.235. The van der Waals surface area contributed by atoms with Gasteiger partial charge in [-0.3, -0.25) is 0 Å². The highest BCUT2D eigenvalue weighted by Gasteiger charge is 2.31. The van der Waals surface area contributed by atoms with E-state index < -0.39 is 17.7 Å². The first-order chi connectivity index (χ1) is 10.8. The molecule has 0 amide bonds. The van der Waals surface area contributed by atoms with Crippen LogP contribution in [0.5, 0.6) is 0 Å². The summed E-state index contributed by atoms with van der Waals surface area (Å²) in [6.07, 6.45) is -3.93. The minimum atomic E-state index is -4.53. The molecule has 2 rings (SSSR count). The molecule has 0 aliphatic heterocycles. The third-order valence-electron chi connectivity index (χ3n) is 3.52. The second-order valence-corrected chi connectivity index (χ2v) is 5.08. The molecule has 3 nitrogen and oxygen atoms in total. The molecule has 0 spiro atoms. The monoisotopic (exact) mass is 323 g/mol. The van der Waals surface area contributed by atoms with Gasteiger partial charge in [0.2, 0.25) is 0 Å². The van der Waals surface area contributed by atoms with Gasteiger partial charge in [0.1, 0.15) is 0 Å². The molecule has 0 heterocycles. The number of anilines is 1. The molecule has 2 aromatic rings. The first-order valence-corrected chi connectivity index (χ1v) is 7.09. The largest absolute Gasteiger partial charge is 0.478 e. The molecular formula is C17H16F3NO2. The second kappa shape index (κ2) is 6.73. The number of hydrogen-bond donors (Lipinski definition) is 2. The third kappa shape index (κ3) is 4.03. The molecule has 0 saturated carbocycles. The molecule has 0 aromatic heterocycles. The van der Waals surface area contributed by atoms with E-state index in [1.165, 1.54) is 0 Å². The maximum absolute atomic E-state index is 12.9. The normalized spacial score (nSPS) is 12.7. The maximum atomic E-state index is 12.9. The molecule has 0 fully saturated rings. The number of carbonyl (C=O) groups is 1. The summed E-state index contributed by atoms with van der Waals surface area (Å²) < 4.78 is 38.6. The lowest BCUT2D eigenvalue weighted by Gasteiger charge is -2.21. The third-order valence-corrected chi connectivity index (χ3v) is 3.52. The van der Waals surface area contributed by atoms with Crippen LogP contribution in [0.25, 0.3) is 0 Å². The number of halogens is 3. The van der Waals surface area contributed by atoms with Crippen LogP contribution in [0.1, 0.15) is 40.9 Å². The van der Waals surface area contributed by atoms with Crippen molar-refractivity contribution < 1.29 is 23.1 Å². The van der Waals surface area contributed by atoms with Gasteiger partial charge in [0.05, 0.1) is 17.2 Å². The van der Waals surface area contributed by atoms with Gasteiger partial charge >= 0.3 is 12.1 Å². The molecule has 0 saturated heterocycles. The number of carboxylic acid groups (broad SMARTS) is 1. The van der Waals surface area contributed by atoms with Crippen LogP contribution in [0.4, 0.5) is 18.9 Å². The van der Waals surface area contributed by atoms with Gasteiger partial charge in [-0.25, -0.2) is 4.79 Å². The number of nitrogens with one attached hydrogen (secondary N) is 1. The van der Waals surface area contributed by atoms with Crippen LogP contribution in [0.3, 0.4) is 0 Å². The summed E-state index contributed by atoms with van der Waals surface area (Å²) >= 11 is 0. The average molecular weight is 323 g/mol. The van der Waals surface area contributed by atoms with Gasteiger partial charge in [-0.1, -0.05) is 37.3 Å². The van der Waals surface area contributed by atoms with Crippen LogP contribution in [0.15, 0.2) is 48.5 Å². The highest BCUT2D eigenvalue weighted by atomic mass is 19.4. The van der Waals surface area contributed by atoms with Crippen LogP contribution < -0.4 is 5.32 Å². The topological polar surface area (TPSA) is 49.3 Å². The molecule has 2 aromatic carbocycles. The summed E-state index contributed by atoms with van der Waals surface area (Å²) in [6, 6.07) is 11.5. The first-order valence-electron chi connectivity index (χ1n) is 7.09. The fourth-order valence-electron chi connectivity index (χ4n) is 2.32. The minimum Gasteiger partial charge on any atom is -0.478 e. The number of benzene rings is 2. The van der Waals surface area contributed by atoms with Crippen molar-refractivity contribution in [1.82, 2.24) is 0 Å². The molecule has 0 aliphatic rings. The smallest absolute Gasteiger partial charge is 0.416 e. The molecule has 122 valence electrons. The molecule has 1 unspecified atom stereocenters. The Hall–Kier alpha value is -2.50. The van der Waals surface area contributed by atoms with Gasteiger partial charge in [-0.05, 0) is 30.2 Å². The summed E-state index contributed by atoms with van der Waals surface area (Å²) in [6.45, 7) is 1.87. The van der Waals surface area contributed by atoms with E-state index >= 15 is 0 Å². The summed E-state index contributed by atoms with van der Waals surface area (Å²) in [5, 5.41) is 12.1.